The van der Waals surface area contributed by atoms with Crippen molar-refractivity contribution in [1.29, 1.82) is 0 Å². The highest BCUT2D eigenvalue weighted by atomic mass is 16.5. The first kappa shape index (κ1) is 24.1. The quantitative estimate of drug-likeness (QED) is 0.292. The fourth-order valence-electron chi connectivity index (χ4n) is 2.85. The molecule has 7 nitrogen and oxygen atoms in total. The minimum absolute atomic E-state index is 0.0320. The average molecular weight is 427 g/mol. The normalized spacial score (nSPS) is 12.1. The third-order valence-corrected chi connectivity index (χ3v) is 4.65. The minimum atomic E-state index is -0.0591. The molecule has 2 aromatic rings. The van der Waals surface area contributed by atoms with Gasteiger partial charge in [-0.05, 0) is 43.2 Å². The fraction of sp³-hybridized carbons (Fsp3) is 0.417. The SMILES string of the molecule is CCCCNC(=O)c1ccc(CNC(=NC)NCC(C)Oc2cccc(OC)c2)cc1. The van der Waals surface area contributed by atoms with Crippen LogP contribution in [0.15, 0.2) is 53.5 Å². The first-order valence-corrected chi connectivity index (χ1v) is 10.7. The zero-order chi connectivity index (χ0) is 22.5. The second-order valence-corrected chi connectivity index (χ2v) is 7.22. The zero-order valence-electron chi connectivity index (χ0n) is 18.9. The summed E-state index contributed by atoms with van der Waals surface area (Å²) in [7, 11) is 3.36. The van der Waals surface area contributed by atoms with Crippen LogP contribution < -0.4 is 25.4 Å². The maximum atomic E-state index is 12.1. The van der Waals surface area contributed by atoms with Crippen LogP contribution in [0.5, 0.6) is 11.5 Å². The highest BCUT2D eigenvalue weighted by molar-refractivity contribution is 5.94. The number of unbranched alkanes of at least 4 members (excludes halogenated alkanes) is 1. The molecule has 0 fully saturated rings. The summed E-state index contributed by atoms with van der Waals surface area (Å²) < 4.78 is 11.1. The van der Waals surface area contributed by atoms with Gasteiger partial charge in [-0.15, -0.1) is 0 Å². The molecule has 0 aromatic heterocycles. The van der Waals surface area contributed by atoms with Gasteiger partial charge in [0.25, 0.3) is 5.91 Å². The molecule has 31 heavy (non-hydrogen) atoms. The summed E-state index contributed by atoms with van der Waals surface area (Å²) in [5.74, 6) is 2.17. The molecule has 0 saturated heterocycles. The predicted molar refractivity (Wildman–Crippen MR) is 125 cm³/mol. The number of carbonyl (C=O) groups excluding carboxylic acids is 1. The number of ether oxygens (including phenoxy) is 2. The van der Waals surface area contributed by atoms with Gasteiger partial charge in [0.15, 0.2) is 5.96 Å². The van der Waals surface area contributed by atoms with Crippen molar-refractivity contribution in [3.63, 3.8) is 0 Å². The highest BCUT2D eigenvalue weighted by Gasteiger charge is 2.08. The number of hydrogen-bond acceptors (Lipinski definition) is 4. The lowest BCUT2D eigenvalue weighted by atomic mass is 10.1. The molecule has 3 N–H and O–H groups in total. The van der Waals surface area contributed by atoms with Crippen LogP contribution >= 0.6 is 0 Å². The summed E-state index contributed by atoms with van der Waals surface area (Å²) in [6, 6.07) is 15.1. The van der Waals surface area contributed by atoms with Gasteiger partial charge in [0.2, 0.25) is 0 Å². The number of carbonyl (C=O) groups is 1. The summed E-state index contributed by atoms with van der Waals surface area (Å²) in [5, 5.41) is 9.47. The van der Waals surface area contributed by atoms with E-state index in [4.69, 9.17) is 9.47 Å². The molecule has 0 aliphatic rings. The lowest BCUT2D eigenvalue weighted by Crippen LogP contribution is -2.41. The van der Waals surface area contributed by atoms with Gasteiger partial charge in [-0.2, -0.15) is 0 Å². The van der Waals surface area contributed by atoms with Crippen LogP contribution in [0, 0.1) is 0 Å². The van der Waals surface area contributed by atoms with Crippen LogP contribution in [0.1, 0.15) is 42.6 Å². The van der Waals surface area contributed by atoms with Gasteiger partial charge in [-0.1, -0.05) is 31.5 Å². The summed E-state index contributed by atoms with van der Waals surface area (Å²) in [6.45, 7) is 5.99. The summed E-state index contributed by atoms with van der Waals surface area (Å²) >= 11 is 0. The molecule has 0 aliphatic heterocycles. The van der Waals surface area contributed by atoms with E-state index in [0.717, 1.165) is 29.9 Å². The van der Waals surface area contributed by atoms with E-state index < -0.39 is 0 Å². The molecule has 0 radical (unpaired) electrons. The van der Waals surface area contributed by atoms with E-state index in [-0.39, 0.29) is 12.0 Å². The Kier molecular flexibility index (Phi) is 10.2. The van der Waals surface area contributed by atoms with Gasteiger partial charge in [0.05, 0.1) is 13.7 Å². The molecule has 2 aromatic carbocycles. The molecule has 0 heterocycles. The lowest BCUT2D eigenvalue weighted by molar-refractivity contribution is 0.0953. The smallest absolute Gasteiger partial charge is 0.251 e. The Morgan fingerprint density at radius 1 is 1.06 bits per heavy atom. The maximum Gasteiger partial charge on any atom is 0.251 e. The molecular weight excluding hydrogens is 392 g/mol. The van der Waals surface area contributed by atoms with Crippen molar-refractivity contribution >= 4 is 11.9 Å². The molecule has 1 unspecified atom stereocenters. The Morgan fingerprint density at radius 3 is 2.48 bits per heavy atom. The number of rotatable bonds is 11. The molecule has 0 spiro atoms. The molecule has 0 bridgehead atoms. The first-order valence-electron chi connectivity index (χ1n) is 10.7. The van der Waals surface area contributed by atoms with E-state index in [9.17, 15) is 4.79 Å². The number of aliphatic imine (C=N–C) groups is 1. The van der Waals surface area contributed by atoms with E-state index in [0.29, 0.717) is 31.2 Å². The Hall–Kier alpha value is -3.22. The summed E-state index contributed by atoms with van der Waals surface area (Å²) in [4.78, 5) is 16.3. The molecule has 1 amide bonds. The second kappa shape index (κ2) is 13.2. The van der Waals surface area contributed by atoms with Crippen molar-refractivity contribution in [1.82, 2.24) is 16.0 Å². The third kappa shape index (κ3) is 8.58. The molecule has 168 valence electrons. The predicted octanol–water partition coefficient (Wildman–Crippen LogP) is 3.36. The van der Waals surface area contributed by atoms with Crippen LogP contribution in [-0.4, -0.2) is 45.2 Å². The van der Waals surface area contributed by atoms with Crippen molar-refractivity contribution in [3.05, 3.63) is 59.7 Å². The van der Waals surface area contributed by atoms with Gasteiger partial charge in [0.1, 0.15) is 17.6 Å². The monoisotopic (exact) mass is 426 g/mol. The van der Waals surface area contributed by atoms with E-state index in [2.05, 4.69) is 27.9 Å². The van der Waals surface area contributed by atoms with Gasteiger partial charge in [0, 0.05) is 31.8 Å². The average Bonchev–Trinajstić information content (AvgIpc) is 2.79. The number of hydrogen-bond donors (Lipinski definition) is 3. The number of amides is 1. The summed E-state index contributed by atoms with van der Waals surface area (Å²) in [5.41, 5.74) is 1.74. The summed E-state index contributed by atoms with van der Waals surface area (Å²) in [6.07, 6.45) is 1.99. The molecule has 7 heteroatoms. The van der Waals surface area contributed by atoms with Crippen LogP contribution in [0.3, 0.4) is 0 Å². The first-order chi connectivity index (χ1) is 15.0. The molecule has 0 saturated carbocycles. The van der Waals surface area contributed by atoms with Crippen molar-refractivity contribution in [3.8, 4) is 11.5 Å². The highest BCUT2D eigenvalue weighted by Crippen LogP contribution is 2.19. The number of guanidine groups is 1. The standard InChI is InChI=1S/C24H34N4O3/c1-5-6-14-26-23(29)20-12-10-19(11-13-20)17-28-24(25-3)27-16-18(2)31-22-9-7-8-21(15-22)30-4/h7-13,15,18H,5-6,14,16-17H2,1-4H3,(H,26,29)(H2,25,27,28). The van der Waals surface area contributed by atoms with Gasteiger partial charge in [-0.3, -0.25) is 9.79 Å². The van der Waals surface area contributed by atoms with Crippen LogP contribution in [-0.2, 0) is 6.54 Å². The Morgan fingerprint density at radius 2 is 1.81 bits per heavy atom. The molecule has 1 atom stereocenters. The number of nitrogens with one attached hydrogen (secondary N) is 3. The minimum Gasteiger partial charge on any atom is -0.497 e. The fourth-order valence-corrected chi connectivity index (χ4v) is 2.85. The second-order valence-electron chi connectivity index (χ2n) is 7.22. The number of methoxy groups -OCH3 is 1. The Labute approximate surface area is 185 Å². The van der Waals surface area contributed by atoms with Crippen LogP contribution in [0.4, 0.5) is 0 Å². The van der Waals surface area contributed by atoms with E-state index in [1.165, 1.54) is 0 Å². The van der Waals surface area contributed by atoms with E-state index >= 15 is 0 Å². The topological polar surface area (TPSA) is 84.0 Å². The van der Waals surface area contributed by atoms with E-state index in [1.807, 2.05) is 55.5 Å². The van der Waals surface area contributed by atoms with E-state index in [1.54, 1.807) is 14.2 Å². The van der Waals surface area contributed by atoms with Gasteiger partial charge < -0.3 is 25.4 Å². The van der Waals surface area contributed by atoms with Crippen molar-refractivity contribution in [2.24, 2.45) is 4.99 Å². The maximum absolute atomic E-state index is 12.1. The van der Waals surface area contributed by atoms with Gasteiger partial charge >= 0.3 is 0 Å². The van der Waals surface area contributed by atoms with Crippen molar-refractivity contribution in [2.75, 3.05) is 27.2 Å². The van der Waals surface area contributed by atoms with Crippen molar-refractivity contribution < 1.29 is 14.3 Å². The number of nitrogens with zero attached hydrogens (tertiary/aromatic N) is 1. The molecule has 2 rings (SSSR count). The van der Waals surface area contributed by atoms with Crippen LogP contribution in [0.25, 0.3) is 0 Å². The zero-order valence-corrected chi connectivity index (χ0v) is 18.9. The Bertz CT molecular complexity index is 837. The molecular formula is C24H34N4O3. The lowest BCUT2D eigenvalue weighted by Gasteiger charge is -2.18. The largest absolute Gasteiger partial charge is 0.497 e. The third-order valence-electron chi connectivity index (χ3n) is 4.65. The number of benzene rings is 2. The Balaban J connectivity index is 1.76. The molecule has 0 aliphatic carbocycles. The van der Waals surface area contributed by atoms with Crippen LogP contribution in [0.2, 0.25) is 0 Å². The van der Waals surface area contributed by atoms with Crippen molar-refractivity contribution in [2.45, 2.75) is 39.3 Å². The van der Waals surface area contributed by atoms with Gasteiger partial charge in [-0.25, -0.2) is 0 Å².